The molecule has 0 bridgehead atoms. The Morgan fingerprint density at radius 1 is 1.04 bits per heavy atom. The highest BCUT2D eigenvalue weighted by Crippen LogP contribution is 2.38. The number of methoxy groups -OCH3 is 1. The number of carbonyl (C=O) groups is 1. The van der Waals surface area contributed by atoms with Crippen molar-refractivity contribution >= 4 is 6.03 Å². The maximum Gasteiger partial charge on any atom is 0.423 e. The van der Waals surface area contributed by atoms with Gasteiger partial charge in [0.15, 0.2) is 0 Å². The molecule has 2 rings (SSSR count). The second-order valence-corrected chi connectivity index (χ2v) is 5.93. The maximum atomic E-state index is 13.3. The first-order chi connectivity index (χ1) is 12.8. The molecule has 2 aromatic carbocycles. The Balaban J connectivity index is 1.88. The fraction of sp³-hybridized carbons (Fsp3) is 0.316. The van der Waals surface area contributed by atoms with Crippen LogP contribution in [0.15, 0.2) is 54.6 Å². The van der Waals surface area contributed by atoms with Crippen molar-refractivity contribution in [3.05, 3.63) is 65.7 Å². The molecule has 8 heteroatoms. The Labute approximate surface area is 155 Å². The summed E-state index contributed by atoms with van der Waals surface area (Å²) in [6, 6.07) is 13.1. The lowest BCUT2D eigenvalue weighted by atomic mass is 9.93. The van der Waals surface area contributed by atoms with Crippen molar-refractivity contribution in [2.24, 2.45) is 0 Å². The van der Waals surface area contributed by atoms with Crippen molar-refractivity contribution in [3.63, 3.8) is 0 Å². The molecule has 0 aliphatic rings. The average molecular weight is 382 g/mol. The van der Waals surface area contributed by atoms with Gasteiger partial charge >= 0.3 is 12.2 Å². The number of nitrogens with one attached hydrogen (secondary N) is 2. The third kappa shape index (κ3) is 5.37. The molecule has 0 heterocycles. The first-order valence-electron chi connectivity index (χ1n) is 8.25. The number of aliphatic hydroxyl groups is 1. The minimum absolute atomic E-state index is 0.230. The molecule has 0 saturated carbocycles. The normalized spacial score (nSPS) is 13.5. The number of urea groups is 1. The minimum Gasteiger partial charge on any atom is -0.497 e. The average Bonchev–Trinajstić information content (AvgIpc) is 2.66. The summed E-state index contributed by atoms with van der Waals surface area (Å²) < 4.78 is 45.1. The first-order valence-corrected chi connectivity index (χ1v) is 8.25. The van der Waals surface area contributed by atoms with E-state index < -0.39 is 24.4 Å². The van der Waals surface area contributed by atoms with Crippen LogP contribution in [-0.2, 0) is 12.0 Å². The number of alkyl halides is 3. The van der Waals surface area contributed by atoms with Crippen LogP contribution < -0.4 is 15.4 Å². The molecule has 1 atom stereocenters. The molecule has 0 spiro atoms. The number of hydrogen-bond donors (Lipinski definition) is 3. The SMILES string of the molecule is COc1ccc(CCNC(=O)NCC(O)(c2ccccc2)C(F)(F)F)cc1. The summed E-state index contributed by atoms with van der Waals surface area (Å²) in [4.78, 5) is 11.8. The van der Waals surface area contributed by atoms with E-state index in [1.807, 2.05) is 12.1 Å². The third-order valence-corrected chi connectivity index (χ3v) is 4.08. The highest BCUT2D eigenvalue weighted by molar-refractivity contribution is 5.74. The van der Waals surface area contributed by atoms with E-state index in [1.165, 1.54) is 12.1 Å². The summed E-state index contributed by atoms with van der Waals surface area (Å²) >= 11 is 0. The minimum atomic E-state index is -4.94. The van der Waals surface area contributed by atoms with Crippen LogP contribution in [0.2, 0.25) is 0 Å². The number of benzene rings is 2. The molecule has 0 radical (unpaired) electrons. The Morgan fingerprint density at radius 2 is 1.67 bits per heavy atom. The second-order valence-electron chi connectivity index (χ2n) is 5.93. The number of carbonyl (C=O) groups excluding carboxylic acids is 1. The van der Waals surface area contributed by atoms with Gasteiger partial charge in [-0.1, -0.05) is 42.5 Å². The number of hydrogen-bond acceptors (Lipinski definition) is 3. The van der Waals surface area contributed by atoms with Crippen molar-refractivity contribution < 1.29 is 27.8 Å². The number of ether oxygens (including phenoxy) is 1. The molecule has 0 aliphatic heterocycles. The summed E-state index contributed by atoms with van der Waals surface area (Å²) in [5.41, 5.74) is -2.56. The van der Waals surface area contributed by atoms with Crippen LogP contribution >= 0.6 is 0 Å². The van der Waals surface area contributed by atoms with E-state index in [2.05, 4.69) is 10.6 Å². The predicted molar refractivity (Wildman–Crippen MR) is 94.5 cm³/mol. The quantitative estimate of drug-likeness (QED) is 0.690. The standard InChI is InChI=1S/C19H21F3N2O3/c1-27-16-9-7-14(8-10-16)11-12-23-17(25)24-13-18(26,19(20,21)22)15-5-3-2-4-6-15/h2-10,26H,11-13H2,1H3,(H2,23,24,25). The van der Waals surface area contributed by atoms with Gasteiger partial charge < -0.3 is 20.5 Å². The molecule has 0 aliphatic carbocycles. The lowest BCUT2D eigenvalue weighted by molar-refractivity contribution is -0.263. The van der Waals surface area contributed by atoms with Crippen molar-refractivity contribution in [1.82, 2.24) is 10.6 Å². The Bertz CT molecular complexity index is 736. The number of amides is 2. The number of rotatable bonds is 7. The summed E-state index contributed by atoms with van der Waals surface area (Å²) in [5.74, 6) is 0.705. The van der Waals surface area contributed by atoms with Crippen LogP contribution in [0.4, 0.5) is 18.0 Å². The van der Waals surface area contributed by atoms with Gasteiger partial charge in [-0.3, -0.25) is 0 Å². The van der Waals surface area contributed by atoms with Crippen molar-refractivity contribution in [2.75, 3.05) is 20.2 Å². The molecular weight excluding hydrogens is 361 g/mol. The summed E-state index contributed by atoms with van der Waals surface area (Å²) in [6.45, 7) is -0.761. The van der Waals surface area contributed by atoms with Crippen LogP contribution in [0.5, 0.6) is 5.75 Å². The predicted octanol–water partition coefficient (Wildman–Crippen LogP) is 2.99. The summed E-state index contributed by atoms with van der Waals surface area (Å²) in [6.07, 6.45) is -4.44. The highest BCUT2D eigenvalue weighted by atomic mass is 19.4. The van der Waals surface area contributed by atoms with Crippen molar-refractivity contribution in [3.8, 4) is 5.75 Å². The van der Waals surface area contributed by atoms with Crippen LogP contribution in [0.1, 0.15) is 11.1 Å². The van der Waals surface area contributed by atoms with Crippen LogP contribution in [0, 0.1) is 0 Å². The van der Waals surface area contributed by atoms with Gasteiger partial charge in [-0.2, -0.15) is 13.2 Å². The Morgan fingerprint density at radius 3 is 2.22 bits per heavy atom. The fourth-order valence-electron chi connectivity index (χ4n) is 2.46. The topological polar surface area (TPSA) is 70.6 Å². The van der Waals surface area contributed by atoms with E-state index in [9.17, 15) is 23.1 Å². The maximum absolute atomic E-state index is 13.3. The molecule has 5 nitrogen and oxygen atoms in total. The summed E-state index contributed by atoms with van der Waals surface area (Å²) in [5, 5.41) is 14.7. The van der Waals surface area contributed by atoms with E-state index in [4.69, 9.17) is 4.74 Å². The zero-order valence-electron chi connectivity index (χ0n) is 14.7. The molecule has 146 valence electrons. The number of halogens is 3. The van der Waals surface area contributed by atoms with E-state index in [0.29, 0.717) is 12.2 Å². The third-order valence-electron chi connectivity index (χ3n) is 4.08. The van der Waals surface area contributed by atoms with Gasteiger partial charge in [0.2, 0.25) is 5.60 Å². The molecule has 0 fully saturated rings. The molecule has 3 N–H and O–H groups in total. The smallest absolute Gasteiger partial charge is 0.423 e. The molecule has 27 heavy (non-hydrogen) atoms. The highest BCUT2D eigenvalue weighted by Gasteiger charge is 2.55. The molecule has 2 aromatic rings. The van der Waals surface area contributed by atoms with Gasteiger partial charge in [0.1, 0.15) is 5.75 Å². The van der Waals surface area contributed by atoms with E-state index in [-0.39, 0.29) is 12.1 Å². The van der Waals surface area contributed by atoms with Crippen LogP contribution in [-0.4, -0.2) is 37.5 Å². The molecule has 2 amide bonds. The van der Waals surface area contributed by atoms with Gasteiger partial charge in [-0.05, 0) is 29.7 Å². The first kappa shape index (κ1) is 20.6. The monoisotopic (exact) mass is 382 g/mol. The molecule has 0 saturated heterocycles. The van der Waals surface area contributed by atoms with E-state index in [1.54, 1.807) is 25.3 Å². The van der Waals surface area contributed by atoms with Gasteiger partial charge in [0.05, 0.1) is 13.7 Å². The van der Waals surface area contributed by atoms with Gasteiger partial charge in [-0.15, -0.1) is 0 Å². The van der Waals surface area contributed by atoms with Crippen molar-refractivity contribution in [2.45, 2.75) is 18.2 Å². The fourth-order valence-corrected chi connectivity index (χ4v) is 2.46. The van der Waals surface area contributed by atoms with Crippen LogP contribution in [0.25, 0.3) is 0 Å². The van der Waals surface area contributed by atoms with E-state index >= 15 is 0 Å². The Kier molecular flexibility index (Phi) is 6.68. The molecule has 1 unspecified atom stereocenters. The van der Waals surface area contributed by atoms with Crippen molar-refractivity contribution in [1.29, 1.82) is 0 Å². The largest absolute Gasteiger partial charge is 0.497 e. The van der Waals surface area contributed by atoms with Crippen LogP contribution in [0.3, 0.4) is 0 Å². The summed E-state index contributed by atoms with van der Waals surface area (Å²) in [7, 11) is 1.55. The van der Waals surface area contributed by atoms with Gasteiger partial charge in [-0.25, -0.2) is 4.79 Å². The van der Waals surface area contributed by atoms with E-state index in [0.717, 1.165) is 17.7 Å². The molecular formula is C19H21F3N2O3. The zero-order valence-corrected chi connectivity index (χ0v) is 14.7. The second kappa shape index (κ2) is 8.77. The van der Waals surface area contributed by atoms with Gasteiger partial charge in [0, 0.05) is 6.54 Å². The lowest BCUT2D eigenvalue weighted by Gasteiger charge is -2.31. The zero-order chi connectivity index (χ0) is 19.9. The Hall–Kier alpha value is -2.74. The lowest BCUT2D eigenvalue weighted by Crippen LogP contribution is -2.52. The molecule has 0 aromatic heterocycles. The van der Waals surface area contributed by atoms with Gasteiger partial charge in [0.25, 0.3) is 0 Å².